The van der Waals surface area contributed by atoms with Crippen molar-refractivity contribution in [2.45, 2.75) is 13.8 Å². The van der Waals surface area contributed by atoms with Crippen molar-refractivity contribution in [1.29, 1.82) is 0 Å². The van der Waals surface area contributed by atoms with E-state index in [1.54, 1.807) is 0 Å². The van der Waals surface area contributed by atoms with Crippen LogP contribution >= 0.6 is 0 Å². The summed E-state index contributed by atoms with van der Waals surface area (Å²) in [6.07, 6.45) is 0. The Morgan fingerprint density at radius 1 is 0.322 bits per heavy atom. The van der Waals surface area contributed by atoms with Gasteiger partial charge in [0.1, 0.15) is 11.5 Å². The predicted octanol–water partition coefficient (Wildman–Crippen LogP) is 15.3. The van der Waals surface area contributed by atoms with Crippen LogP contribution in [0, 0.1) is 13.8 Å². The molecule has 11 rings (SSSR count). The lowest BCUT2D eigenvalue weighted by Crippen LogP contribution is -1.96. The van der Waals surface area contributed by atoms with E-state index in [-0.39, 0.29) is 0 Å². The number of nitrogens with zero attached hydrogens (tertiary/aromatic N) is 2. The molecular formula is C56H40N2O. The number of fused-ring (bicyclic) bond motifs is 6. The maximum Gasteiger partial charge on any atom is 0.137 e. The fourth-order valence-electron chi connectivity index (χ4n) is 9.03. The molecule has 3 heteroatoms. The van der Waals surface area contributed by atoms with E-state index in [4.69, 9.17) is 4.74 Å². The summed E-state index contributed by atoms with van der Waals surface area (Å²) in [5, 5.41) is 4.44. The fraction of sp³-hybridized carbons (Fsp3) is 0.0357. The Bertz CT molecular complexity index is 3360. The van der Waals surface area contributed by atoms with Gasteiger partial charge >= 0.3 is 0 Å². The zero-order valence-electron chi connectivity index (χ0n) is 32.9. The SMILES string of the molecule is Cc1ccccc1-c1cc(-n2c3ccc(-c4ccccc4)cc3c3c(Oc4cccc5c4c4cc(-c6ccccc6)ccc4n5-c4ccccc4)cccc32)ccc1C. The second-order valence-corrected chi connectivity index (χ2v) is 15.4. The van der Waals surface area contributed by atoms with Crippen LogP contribution in [-0.2, 0) is 0 Å². The maximum atomic E-state index is 7.31. The van der Waals surface area contributed by atoms with E-state index < -0.39 is 0 Å². The van der Waals surface area contributed by atoms with Crippen LogP contribution in [0.3, 0.4) is 0 Å². The Labute approximate surface area is 343 Å². The van der Waals surface area contributed by atoms with Gasteiger partial charge in [0.05, 0.1) is 32.8 Å². The number of rotatable bonds is 7. The van der Waals surface area contributed by atoms with Crippen molar-refractivity contribution in [2.75, 3.05) is 0 Å². The van der Waals surface area contributed by atoms with Crippen LogP contribution in [0.1, 0.15) is 11.1 Å². The van der Waals surface area contributed by atoms with E-state index in [2.05, 4.69) is 229 Å². The number of benzene rings is 9. The molecule has 11 aromatic rings. The highest BCUT2D eigenvalue weighted by Gasteiger charge is 2.21. The number of hydrogen-bond donors (Lipinski definition) is 0. The normalized spacial score (nSPS) is 11.6. The van der Waals surface area contributed by atoms with Crippen LogP contribution in [-0.4, -0.2) is 9.13 Å². The third-order valence-corrected chi connectivity index (χ3v) is 11.9. The second-order valence-electron chi connectivity index (χ2n) is 15.4. The minimum atomic E-state index is 0.815. The topological polar surface area (TPSA) is 19.1 Å². The first-order valence-electron chi connectivity index (χ1n) is 20.3. The molecule has 0 saturated carbocycles. The predicted molar refractivity (Wildman–Crippen MR) is 247 cm³/mol. The van der Waals surface area contributed by atoms with Crippen molar-refractivity contribution in [1.82, 2.24) is 9.13 Å². The molecule has 0 amide bonds. The summed E-state index contributed by atoms with van der Waals surface area (Å²) in [7, 11) is 0. The van der Waals surface area contributed by atoms with Gasteiger partial charge in [0.2, 0.25) is 0 Å². The van der Waals surface area contributed by atoms with Gasteiger partial charge in [-0.25, -0.2) is 0 Å². The van der Waals surface area contributed by atoms with Gasteiger partial charge in [-0.2, -0.15) is 0 Å². The highest BCUT2D eigenvalue weighted by atomic mass is 16.5. The first kappa shape index (κ1) is 34.6. The van der Waals surface area contributed by atoms with E-state index in [1.807, 2.05) is 0 Å². The third-order valence-electron chi connectivity index (χ3n) is 11.9. The summed E-state index contributed by atoms with van der Waals surface area (Å²) < 4.78 is 12.1. The lowest BCUT2D eigenvalue weighted by atomic mass is 9.96. The number of hydrogen-bond acceptors (Lipinski definition) is 1. The monoisotopic (exact) mass is 756 g/mol. The molecule has 9 aromatic carbocycles. The van der Waals surface area contributed by atoms with Crippen LogP contribution in [0.4, 0.5) is 0 Å². The van der Waals surface area contributed by atoms with E-state index >= 15 is 0 Å². The standard InChI is InChI=1S/C56H40N2O/c1-37-16-12-13-23-45(37)46-36-44(31-28-38(46)2)58-50-33-30-42(40-19-8-4-9-20-40)35-48(50)56-52(58)25-15-27-54(56)59-53-26-14-24-51-55(53)47-34-41(39-17-6-3-7-18-39)29-32-49(47)57(51)43-21-10-5-11-22-43/h3-36H,1-2H3. The Kier molecular flexibility index (Phi) is 8.27. The molecule has 2 aromatic heterocycles. The minimum absolute atomic E-state index is 0.815. The van der Waals surface area contributed by atoms with Crippen LogP contribution in [0.5, 0.6) is 11.5 Å². The Hall–Kier alpha value is -7.62. The summed E-state index contributed by atoms with van der Waals surface area (Å²) in [5.41, 5.74) is 16.4. The van der Waals surface area contributed by atoms with Gasteiger partial charge in [-0.1, -0.05) is 133 Å². The molecular weight excluding hydrogens is 717 g/mol. The van der Waals surface area contributed by atoms with Crippen molar-refractivity contribution in [3.63, 3.8) is 0 Å². The first-order chi connectivity index (χ1) is 29.1. The van der Waals surface area contributed by atoms with Crippen molar-refractivity contribution in [3.05, 3.63) is 217 Å². The Balaban J connectivity index is 1.16. The molecule has 59 heavy (non-hydrogen) atoms. The zero-order chi connectivity index (χ0) is 39.5. The lowest BCUT2D eigenvalue weighted by Gasteiger charge is -2.14. The van der Waals surface area contributed by atoms with Gasteiger partial charge < -0.3 is 13.9 Å². The van der Waals surface area contributed by atoms with E-state index in [0.717, 1.165) is 72.0 Å². The van der Waals surface area contributed by atoms with Crippen LogP contribution in [0.2, 0.25) is 0 Å². The summed E-state index contributed by atoms with van der Waals surface area (Å²) in [5.74, 6) is 1.63. The zero-order valence-corrected chi connectivity index (χ0v) is 32.9. The molecule has 0 aliphatic rings. The summed E-state index contributed by atoms with van der Waals surface area (Å²) >= 11 is 0. The van der Waals surface area contributed by atoms with Gasteiger partial charge in [0.25, 0.3) is 0 Å². The number of para-hydroxylation sites is 1. The second kappa shape index (κ2) is 14.1. The highest BCUT2D eigenvalue weighted by Crippen LogP contribution is 2.45. The van der Waals surface area contributed by atoms with Crippen molar-refractivity contribution in [2.24, 2.45) is 0 Å². The molecule has 0 unspecified atom stereocenters. The fourth-order valence-corrected chi connectivity index (χ4v) is 9.03. The van der Waals surface area contributed by atoms with Gasteiger partial charge in [-0.05, 0) is 131 Å². The van der Waals surface area contributed by atoms with Gasteiger partial charge in [-0.3, -0.25) is 0 Å². The summed E-state index contributed by atoms with van der Waals surface area (Å²) in [4.78, 5) is 0. The van der Waals surface area contributed by atoms with Crippen LogP contribution in [0.25, 0.3) is 88.4 Å². The van der Waals surface area contributed by atoms with E-state index in [9.17, 15) is 0 Å². The smallest absolute Gasteiger partial charge is 0.137 e. The van der Waals surface area contributed by atoms with Gasteiger partial charge in [0.15, 0.2) is 0 Å². The molecule has 0 radical (unpaired) electrons. The Morgan fingerprint density at radius 2 is 0.814 bits per heavy atom. The van der Waals surface area contributed by atoms with Crippen molar-refractivity contribution < 1.29 is 4.74 Å². The molecule has 3 nitrogen and oxygen atoms in total. The number of aryl methyl sites for hydroxylation is 2. The Morgan fingerprint density at radius 3 is 1.37 bits per heavy atom. The van der Waals surface area contributed by atoms with Gasteiger partial charge in [-0.15, -0.1) is 0 Å². The lowest BCUT2D eigenvalue weighted by molar-refractivity contribution is 0.495. The molecule has 0 bridgehead atoms. The molecule has 0 aliphatic heterocycles. The largest absolute Gasteiger partial charge is 0.456 e. The van der Waals surface area contributed by atoms with Crippen LogP contribution < -0.4 is 4.74 Å². The molecule has 2 heterocycles. The van der Waals surface area contributed by atoms with Crippen molar-refractivity contribution in [3.8, 4) is 56.3 Å². The highest BCUT2D eigenvalue weighted by molar-refractivity contribution is 6.15. The van der Waals surface area contributed by atoms with E-state index in [0.29, 0.717) is 0 Å². The maximum absolute atomic E-state index is 7.31. The number of aromatic nitrogens is 2. The molecule has 280 valence electrons. The molecule has 0 spiro atoms. The van der Waals surface area contributed by atoms with Crippen LogP contribution in [0.15, 0.2) is 206 Å². The first-order valence-corrected chi connectivity index (χ1v) is 20.3. The van der Waals surface area contributed by atoms with Crippen molar-refractivity contribution >= 4 is 43.6 Å². The molecule has 0 N–H and O–H groups in total. The molecule has 0 atom stereocenters. The third kappa shape index (κ3) is 5.82. The average molecular weight is 757 g/mol. The summed E-state index contributed by atoms with van der Waals surface area (Å²) in [6.45, 7) is 4.39. The molecule has 0 fully saturated rings. The van der Waals surface area contributed by atoms with E-state index in [1.165, 1.54) is 38.9 Å². The average Bonchev–Trinajstić information content (AvgIpc) is 3.81. The quantitative estimate of drug-likeness (QED) is 0.158. The number of ether oxygens (including phenoxy) is 1. The molecule has 0 aliphatic carbocycles. The van der Waals surface area contributed by atoms with Gasteiger partial charge in [0, 0.05) is 22.1 Å². The minimum Gasteiger partial charge on any atom is -0.456 e. The molecule has 0 saturated heterocycles. The summed E-state index contributed by atoms with van der Waals surface area (Å²) in [6, 6.07) is 73.9.